The number of carboxylic acid groups (broad SMARTS) is 3. The van der Waals surface area contributed by atoms with Crippen LogP contribution in [0.25, 0.3) is 0 Å². The van der Waals surface area contributed by atoms with E-state index in [4.69, 9.17) is 21.1 Å². The van der Waals surface area contributed by atoms with Gasteiger partial charge < -0.3 is 21.1 Å². The molecular weight excluding hydrogens is 250 g/mol. The Balaban J connectivity index is 3.87. The third-order valence-electron chi connectivity index (χ3n) is 1.98. The van der Waals surface area contributed by atoms with Gasteiger partial charge in [-0.2, -0.15) is 11.8 Å². The lowest BCUT2D eigenvalue weighted by atomic mass is 10.1. The SMILES string of the molecule is N[C@@H](CCSCC(CC(=O)O)C(=O)O)C(=O)O. The number of carbonyl (C=O) groups is 3. The lowest BCUT2D eigenvalue weighted by Gasteiger charge is -2.10. The fourth-order valence-electron chi connectivity index (χ4n) is 0.988. The molecule has 0 aliphatic rings. The molecule has 0 saturated heterocycles. The van der Waals surface area contributed by atoms with Crippen LogP contribution >= 0.6 is 11.8 Å². The first-order chi connectivity index (χ1) is 7.84. The van der Waals surface area contributed by atoms with Gasteiger partial charge in [0.15, 0.2) is 0 Å². The van der Waals surface area contributed by atoms with Crippen molar-refractivity contribution < 1.29 is 29.7 Å². The summed E-state index contributed by atoms with van der Waals surface area (Å²) in [5.41, 5.74) is 5.25. The molecule has 17 heavy (non-hydrogen) atoms. The number of thioether (sulfide) groups is 1. The molecule has 2 atom stereocenters. The second kappa shape index (κ2) is 7.91. The maximum absolute atomic E-state index is 10.7. The Labute approximate surface area is 102 Å². The van der Waals surface area contributed by atoms with E-state index in [2.05, 4.69) is 0 Å². The van der Waals surface area contributed by atoms with Crippen molar-refractivity contribution in [1.29, 1.82) is 0 Å². The van der Waals surface area contributed by atoms with Gasteiger partial charge in [-0.05, 0) is 12.2 Å². The van der Waals surface area contributed by atoms with E-state index in [1.165, 1.54) is 11.8 Å². The van der Waals surface area contributed by atoms with Gasteiger partial charge in [0.1, 0.15) is 6.04 Å². The van der Waals surface area contributed by atoms with Crippen molar-refractivity contribution in [2.45, 2.75) is 18.9 Å². The van der Waals surface area contributed by atoms with E-state index in [1.807, 2.05) is 0 Å². The zero-order chi connectivity index (χ0) is 13.4. The van der Waals surface area contributed by atoms with Gasteiger partial charge in [-0.15, -0.1) is 0 Å². The normalized spacial score (nSPS) is 13.9. The third-order valence-corrected chi connectivity index (χ3v) is 3.14. The lowest BCUT2D eigenvalue weighted by Crippen LogP contribution is -2.30. The molecule has 0 radical (unpaired) electrons. The molecule has 7 nitrogen and oxygen atoms in total. The lowest BCUT2D eigenvalue weighted by molar-refractivity contribution is -0.147. The smallest absolute Gasteiger partial charge is 0.320 e. The van der Waals surface area contributed by atoms with Gasteiger partial charge in [-0.3, -0.25) is 14.4 Å². The Morgan fingerprint density at radius 1 is 1.12 bits per heavy atom. The highest BCUT2D eigenvalue weighted by atomic mass is 32.2. The van der Waals surface area contributed by atoms with Gasteiger partial charge in [-0.1, -0.05) is 0 Å². The van der Waals surface area contributed by atoms with Crippen LogP contribution in [0, 0.1) is 5.92 Å². The van der Waals surface area contributed by atoms with Gasteiger partial charge in [0.25, 0.3) is 0 Å². The van der Waals surface area contributed by atoms with Gasteiger partial charge >= 0.3 is 17.9 Å². The zero-order valence-electron chi connectivity index (χ0n) is 9.04. The van der Waals surface area contributed by atoms with Crippen LogP contribution in [-0.2, 0) is 14.4 Å². The molecule has 1 unspecified atom stereocenters. The molecule has 0 fully saturated rings. The number of rotatable bonds is 9. The van der Waals surface area contributed by atoms with Crippen molar-refractivity contribution in [2.75, 3.05) is 11.5 Å². The van der Waals surface area contributed by atoms with Crippen LogP contribution in [0.5, 0.6) is 0 Å². The summed E-state index contributed by atoms with van der Waals surface area (Å²) in [5, 5.41) is 25.7. The number of hydrogen-bond acceptors (Lipinski definition) is 5. The average Bonchev–Trinajstić information content (AvgIpc) is 2.21. The molecule has 0 aliphatic carbocycles. The second-order valence-electron chi connectivity index (χ2n) is 3.44. The monoisotopic (exact) mass is 265 g/mol. The highest BCUT2D eigenvalue weighted by molar-refractivity contribution is 7.99. The number of carboxylic acids is 3. The minimum absolute atomic E-state index is 0.133. The standard InChI is InChI=1S/C9H15NO6S/c10-6(9(15)16)1-2-17-4-5(8(13)14)3-7(11)12/h5-6H,1-4,10H2,(H,11,12)(H,13,14)(H,15,16)/t5?,6-/m0/s1. The Morgan fingerprint density at radius 2 is 1.71 bits per heavy atom. The molecule has 0 aromatic rings. The fourth-order valence-corrected chi connectivity index (χ4v) is 2.12. The summed E-state index contributed by atoms with van der Waals surface area (Å²) in [4.78, 5) is 31.4. The summed E-state index contributed by atoms with van der Waals surface area (Å²) in [5.74, 6) is -3.88. The summed E-state index contributed by atoms with van der Waals surface area (Å²) >= 11 is 1.19. The van der Waals surface area contributed by atoms with E-state index in [0.717, 1.165) is 0 Å². The molecule has 0 aromatic carbocycles. The third kappa shape index (κ3) is 7.58. The number of nitrogens with two attached hydrogens (primary N) is 1. The van der Waals surface area contributed by atoms with Crippen LogP contribution in [0.15, 0.2) is 0 Å². The predicted octanol–water partition coefficient (Wildman–Crippen LogP) is -0.303. The van der Waals surface area contributed by atoms with E-state index in [-0.39, 0.29) is 12.2 Å². The van der Waals surface area contributed by atoms with Crippen molar-refractivity contribution >= 4 is 29.7 Å². The molecule has 0 rings (SSSR count). The molecule has 0 aromatic heterocycles. The van der Waals surface area contributed by atoms with Crippen molar-refractivity contribution in [3.8, 4) is 0 Å². The first-order valence-electron chi connectivity index (χ1n) is 4.85. The minimum atomic E-state index is -1.17. The molecule has 0 heterocycles. The van der Waals surface area contributed by atoms with E-state index >= 15 is 0 Å². The summed E-state index contributed by atoms with van der Waals surface area (Å²) in [6, 6.07) is -0.967. The van der Waals surface area contributed by atoms with Gasteiger partial charge in [-0.25, -0.2) is 0 Å². The molecule has 98 valence electrons. The van der Waals surface area contributed by atoms with E-state index in [0.29, 0.717) is 5.75 Å². The van der Waals surface area contributed by atoms with Gasteiger partial charge in [0.05, 0.1) is 12.3 Å². The fraction of sp³-hybridized carbons (Fsp3) is 0.667. The molecule has 0 amide bonds. The van der Waals surface area contributed by atoms with Gasteiger partial charge in [0, 0.05) is 5.75 Å². The molecule has 0 aliphatic heterocycles. The second-order valence-corrected chi connectivity index (χ2v) is 4.59. The predicted molar refractivity (Wildman–Crippen MR) is 60.9 cm³/mol. The first-order valence-corrected chi connectivity index (χ1v) is 6.00. The molecule has 8 heteroatoms. The van der Waals surface area contributed by atoms with Crippen LogP contribution in [0.2, 0.25) is 0 Å². The van der Waals surface area contributed by atoms with E-state index in [9.17, 15) is 14.4 Å². The Morgan fingerprint density at radius 3 is 2.12 bits per heavy atom. The van der Waals surface area contributed by atoms with E-state index in [1.54, 1.807) is 0 Å². The Bertz CT molecular complexity index is 295. The molecule has 0 bridgehead atoms. The van der Waals surface area contributed by atoms with Gasteiger partial charge in [0.2, 0.25) is 0 Å². The van der Waals surface area contributed by atoms with Crippen molar-refractivity contribution in [2.24, 2.45) is 11.7 Å². The van der Waals surface area contributed by atoms with Crippen molar-refractivity contribution in [3.63, 3.8) is 0 Å². The summed E-state index contributed by atoms with van der Waals surface area (Å²) in [7, 11) is 0. The van der Waals surface area contributed by atoms with Crippen molar-refractivity contribution in [1.82, 2.24) is 0 Å². The molecule has 0 spiro atoms. The number of aliphatic carboxylic acids is 3. The molecule has 5 N–H and O–H groups in total. The zero-order valence-corrected chi connectivity index (χ0v) is 9.85. The molecular formula is C9H15NO6S. The summed E-state index contributed by atoms with van der Waals surface area (Å²) < 4.78 is 0. The van der Waals surface area contributed by atoms with Crippen LogP contribution < -0.4 is 5.73 Å². The first kappa shape index (κ1) is 15.7. The summed E-state index contributed by atoms with van der Waals surface area (Å²) in [6.07, 6.45) is -0.216. The average molecular weight is 265 g/mol. The maximum atomic E-state index is 10.7. The highest BCUT2D eigenvalue weighted by Gasteiger charge is 2.21. The summed E-state index contributed by atoms with van der Waals surface area (Å²) in [6.45, 7) is 0. The Kier molecular flexibility index (Phi) is 7.31. The maximum Gasteiger partial charge on any atom is 0.320 e. The van der Waals surface area contributed by atoms with Crippen LogP contribution in [0.3, 0.4) is 0 Å². The number of hydrogen-bond donors (Lipinski definition) is 4. The van der Waals surface area contributed by atoms with E-state index < -0.39 is 36.3 Å². The highest BCUT2D eigenvalue weighted by Crippen LogP contribution is 2.14. The largest absolute Gasteiger partial charge is 0.481 e. The minimum Gasteiger partial charge on any atom is -0.481 e. The van der Waals surface area contributed by atoms with Crippen molar-refractivity contribution in [3.05, 3.63) is 0 Å². The van der Waals surface area contributed by atoms with Crippen LogP contribution in [0.4, 0.5) is 0 Å². The Hall–Kier alpha value is -1.28. The van der Waals surface area contributed by atoms with Crippen LogP contribution in [0.1, 0.15) is 12.8 Å². The molecule has 0 saturated carbocycles. The quantitative estimate of drug-likeness (QED) is 0.417. The topological polar surface area (TPSA) is 138 Å². The van der Waals surface area contributed by atoms with Crippen LogP contribution in [-0.4, -0.2) is 50.8 Å².